The van der Waals surface area contributed by atoms with Gasteiger partial charge in [0.2, 0.25) is 0 Å². The highest BCUT2D eigenvalue weighted by Crippen LogP contribution is 2.26. The molecule has 0 bridgehead atoms. The first-order chi connectivity index (χ1) is 8.69. The van der Waals surface area contributed by atoms with Crippen molar-refractivity contribution >= 4 is 10.9 Å². The summed E-state index contributed by atoms with van der Waals surface area (Å²) in [7, 11) is 0. The van der Waals surface area contributed by atoms with Gasteiger partial charge in [0.1, 0.15) is 0 Å². The average Bonchev–Trinajstić information content (AvgIpc) is 2.63. The first-order valence-electron chi connectivity index (χ1n) is 6.58. The van der Waals surface area contributed by atoms with Crippen LogP contribution in [-0.4, -0.2) is 4.57 Å². The van der Waals surface area contributed by atoms with Gasteiger partial charge in [-0.05, 0) is 49.9 Å². The third-order valence-corrected chi connectivity index (χ3v) is 3.73. The second kappa shape index (κ2) is 5.40. The molecule has 2 rings (SSSR count). The van der Waals surface area contributed by atoms with Crippen LogP contribution in [0, 0.1) is 13.8 Å². The van der Waals surface area contributed by atoms with Gasteiger partial charge in [-0.3, -0.25) is 0 Å². The SMILES string of the molecule is C=CCCCn1c(C)c(C)c2cc(CN)ccc21. The Morgan fingerprint density at radius 2 is 2.11 bits per heavy atom. The molecule has 0 aliphatic rings. The Bertz CT molecular complexity index is 564. The van der Waals surface area contributed by atoms with E-state index in [9.17, 15) is 0 Å². The molecule has 2 aromatic rings. The molecule has 0 spiro atoms. The molecule has 0 fully saturated rings. The lowest BCUT2D eigenvalue weighted by Gasteiger charge is -2.07. The smallest absolute Gasteiger partial charge is 0.0485 e. The third kappa shape index (κ3) is 2.21. The van der Waals surface area contributed by atoms with Crippen molar-refractivity contribution < 1.29 is 0 Å². The molecule has 0 saturated carbocycles. The van der Waals surface area contributed by atoms with Gasteiger partial charge >= 0.3 is 0 Å². The fraction of sp³-hybridized carbons (Fsp3) is 0.375. The lowest BCUT2D eigenvalue weighted by Crippen LogP contribution is -2.00. The summed E-state index contributed by atoms with van der Waals surface area (Å²) in [6, 6.07) is 6.55. The van der Waals surface area contributed by atoms with E-state index in [4.69, 9.17) is 5.73 Å². The van der Waals surface area contributed by atoms with Crippen LogP contribution in [0.25, 0.3) is 10.9 Å². The topological polar surface area (TPSA) is 30.9 Å². The Morgan fingerprint density at radius 3 is 2.78 bits per heavy atom. The first kappa shape index (κ1) is 12.9. The lowest BCUT2D eigenvalue weighted by atomic mass is 10.1. The summed E-state index contributed by atoms with van der Waals surface area (Å²) in [5, 5.41) is 1.34. The fourth-order valence-corrected chi connectivity index (χ4v) is 2.51. The molecule has 2 N–H and O–H groups in total. The van der Waals surface area contributed by atoms with Crippen molar-refractivity contribution in [2.75, 3.05) is 0 Å². The Labute approximate surface area is 109 Å². The molecular weight excluding hydrogens is 220 g/mol. The van der Waals surface area contributed by atoms with Gasteiger partial charge in [-0.1, -0.05) is 12.1 Å². The standard InChI is InChI=1S/C16H22N2/c1-4-5-6-9-18-13(3)12(2)15-10-14(11-17)7-8-16(15)18/h4,7-8,10H,1,5-6,9,11,17H2,2-3H3. The number of unbranched alkanes of at least 4 members (excludes halogenated alkanes) is 1. The van der Waals surface area contributed by atoms with Crippen LogP contribution in [0.3, 0.4) is 0 Å². The largest absolute Gasteiger partial charge is 0.345 e. The summed E-state index contributed by atoms with van der Waals surface area (Å²) in [6.07, 6.45) is 4.20. The maximum atomic E-state index is 5.72. The first-order valence-corrected chi connectivity index (χ1v) is 6.58. The third-order valence-electron chi connectivity index (χ3n) is 3.73. The van der Waals surface area contributed by atoms with Gasteiger partial charge < -0.3 is 10.3 Å². The van der Waals surface area contributed by atoms with Crippen molar-refractivity contribution in [1.82, 2.24) is 4.57 Å². The van der Waals surface area contributed by atoms with Gasteiger partial charge in [0.05, 0.1) is 0 Å². The summed E-state index contributed by atoms with van der Waals surface area (Å²) < 4.78 is 2.41. The minimum absolute atomic E-state index is 0.607. The predicted octanol–water partition coefficient (Wildman–Crippen LogP) is 3.68. The molecule has 1 aromatic carbocycles. The second-order valence-corrected chi connectivity index (χ2v) is 4.85. The molecule has 0 aliphatic heterocycles. The molecule has 0 saturated heterocycles. The fourth-order valence-electron chi connectivity index (χ4n) is 2.51. The van der Waals surface area contributed by atoms with E-state index >= 15 is 0 Å². The van der Waals surface area contributed by atoms with Crippen molar-refractivity contribution in [3.8, 4) is 0 Å². The Balaban J connectivity index is 2.46. The highest BCUT2D eigenvalue weighted by atomic mass is 15.0. The van der Waals surface area contributed by atoms with Gasteiger partial charge in [-0.2, -0.15) is 0 Å². The molecule has 1 aromatic heterocycles. The number of aromatic nitrogens is 1. The quantitative estimate of drug-likeness (QED) is 0.629. The number of rotatable bonds is 5. The summed E-state index contributed by atoms with van der Waals surface area (Å²) in [4.78, 5) is 0. The molecular formula is C16H22N2. The van der Waals surface area contributed by atoms with Crippen molar-refractivity contribution in [2.24, 2.45) is 5.73 Å². The van der Waals surface area contributed by atoms with E-state index in [0.717, 1.165) is 19.4 Å². The molecule has 0 radical (unpaired) electrons. The molecule has 0 amide bonds. The van der Waals surface area contributed by atoms with Gasteiger partial charge in [0.15, 0.2) is 0 Å². The zero-order valence-electron chi connectivity index (χ0n) is 11.4. The predicted molar refractivity (Wildman–Crippen MR) is 78.7 cm³/mol. The number of benzene rings is 1. The number of fused-ring (bicyclic) bond motifs is 1. The van der Waals surface area contributed by atoms with E-state index in [1.807, 2.05) is 6.08 Å². The Kier molecular flexibility index (Phi) is 3.87. The summed E-state index contributed by atoms with van der Waals surface area (Å²) >= 11 is 0. The number of nitrogens with two attached hydrogens (primary N) is 1. The molecule has 0 unspecified atom stereocenters. The van der Waals surface area contributed by atoms with E-state index < -0.39 is 0 Å². The van der Waals surface area contributed by atoms with Crippen molar-refractivity contribution in [2.45, 2.75) is 39.8 Å². The van der Waals surface area contributed by atoms with Crippen LogP contribution in [0.2, 0.25) is 0 Å². The zero-order chi connectivity index (χ0) is 13.1. The average molecular weight is 242 g/mol. The number of hydrogen-bond acceptors (Lipinski definition) is 1. The normalized spacial score (nSPS) is 11.1. The summed E-state index contributed by atoms with van der Waals surface area (Å²) in [6.45, 7) is 9.84. The van der Waals surface area contributed by atoms with Crippen molar-refractivity contribution in [1.29, 1.82) is 0 Å². The van der Waals surface area contributed by atoms with E-state index in [1.165, 1.54) is 27.7 Å². The Morgan fingerprint density at radius 1 is 1.33 bits per heavy atom. The van der Waals surface area contributed by atoms with Crippen molar-refractivity contribution in [3.63, 3.8) is 0 Å². The van der Waals surface area contributed by atoms with E-state index in [2.05, 4.69) is 43.2 Å². The Hall–Kier alpha value is -1.54. The number of allylic oxidation sites excluding steroid dienone is 1. The van der Waals surface area contributed by atoms with E-state index in [0.29, 0.717) is 6.54 Å². The molecule has 0 aliphatic carbocycles. The van der Waals surface area contributed by atoms with Gasteiger partial charge in [-0.25, -0.2) is 0 Å². The second-order valence-electron chi connectivity index (χ2n) is 4.85. The van der Waals surface area contributed by atoms with Crippen molar-refractivity contribution in [3.05, 3.63) is 47.7 Å². The van der Waals surface area contributed by atoms with E-state index in [-0.39, 0.29) is 0 Å². The lowest BCUT2D eigenvalue weighted by molar-refractivity contribution is 0.655. The minimum atomic E-state index is 0.607. The summed E-state index contributed by atoms with van der Waals surface area (Å²) in [5.74, 6) is 0. The van der Waals surface area contributed by atoms with Gasteiger partial charge in [-0.15, -0.1) is 6.58 Å². The van der Waals surface area contributed by atoms with Crippen LogP contribution >= 0.6 is 0 Å². The van der Waals surface area contributed by atoms with Crippen LogP contribution in [0.1, 0.15) is 29.7 Å². The maximum Gasteiger partial charge on any atom is 0.0485 e. The minimum Gasteiger partial charge on any atom is -0.345 e. The number of nitrogens with zero attached hydrogens (tertiary/aromatic N) is 1. The van der Waals surface area contributed by atoms with Crippen LogP contribution in [-0.2, 0) is 13.1 Å². The zero-order valence-corrected chi connectivity index (χ0v) is 11.4. The number of hydrogen-bond donors (Lipinski definition) is 1. The van der Waals surface area contributed by atoms with Crippen LogP contribution < -0.4 is 5.73 Å². The molecule has 18 heavy (non-hydrogen) atoms. The number of aryl methyl sites for hydroxylation is 2. The van der Waals surface area contributed by atoms with E-state index in [1.54, 1.807) is 0 Å². The highest BCUT2D eigenvalue weighted by Gasteiger charge is 2.10. The van der Waals surface area contributed by atoms with Gasteiger partial charge in [0, 0.05) is 29.7 Å². The van der Waals surface area contributed by atoms with Crippen LogP contribution in [0.4, 0.5) is 0 Å². The molecule has 2 heteroatoms. The van der Waals surface area contributed by atoms with Crippen LogP contribution in [0.15, 0.2) is 30.9 Å². The monoisotopic (exact) mass is 242 g/mol. The highest BCUT2D eigenvalue weighted by molar-refractivity contribution is 5.86. The molecule has 0 atom stereocenters. The van der Waals surface area contributed by atoms with Gasteiger partial charge in [0.25, 0.3) is 0 Å². The molecule has 96 valence electrons. The maximum absolute atomic E-state index is 5.72. The summed E-state index contributed by atoms with van der Waals surface area (Å²) in [5.41, 5.74) is 11.0. The molecule has 1 heterocycles. The molecule has 2 nitrogen and oxygen atoms in total. The van der Waals surface area contributed by atoms with Crippen LogP contribution in [0.5, 0.6) is 0 Å².